The van der Waals surface area contributed by atoms with Crippen molar-refractivity contribution in [3.05, 3.63) is 85.5 Å². The second-order valence-electron chi connectivity index (χ2n) is 9.63. The molecule has 36 heavy (non-hydrogen) atoms. The number of amides is 2. The molecule has 0 aliphatic carbocycles. The van der Waals surface area contributed by atoms with Gasteiger partial charge in [0.05, 0.1) is 12.1 Å². The quantitative estimate of drug-likeness (QED) is 0.383. The number of hydrogen-bond acceptors (Lipinski definition) is 4. The molecule has 2 aromatic carbocycles. The lowest BCUT2D eigenvalue weighted by atomic mass is 9.89. The molecule has 3 heterocycles. The zero-order chi connectivity index (χ0) is 25.3. The van der Waals surface area contributed by atoms with Crippen molar-refractivity contribution in [2.75, 3.05) is 19.6 Å². The lowest BCUT2D eigenvalue weighted by molar-refractivity contribution is -0.134. The topological polar surface area (TPSA) is 49.9 Å². The minimum absolute atomic E-state index is 0.0695. The van der Waals surface area contributed by atoms with Crippen LogP contribution < -0.4 is 4.74 Å². The van der Waals surface area contributed by atoms with Crippen LogP contribution >= 0.6 is 34.5 Å². The Bertz CT molecular complexity index is 1250. The van der Waals surface area contributed by atoms with Crippen LogP contribution in [0.1, 0.15) is 46.3 Å². The van der Waals surface area contributed by atoms with Crippen LogP contribution in [-0.2, 0) is 17.8 Å². The first kappa shape index (κ1) is 25.1. The first-order chi connectivity index (χ1) is 17.3. The fourth-order valence-electron chi connectivity index (χ4n) is 5.06. The molecule has 8 heteroatoms. The van der Waals surface area contributed by atoms with E-state index >= 15 is 0 Å². The number of aryl methyl sites for hydroxylation is 2. The number of fused-ring (bicyclic) bond motifs is 1. The van der Waals surface area contributed by atoms with E-state index in [-0.39, 0.29) is 11.8 Å². The van der Waals surface area contributed by atoms with E-state index < -0.39 is 5.60 Å². The summed E-state index contributed by atoms with van der Waals surface area (Å²) >= 11 is 13.8. The maximum Gasteiger partial charge on any atom is 0.256 e. The summed E-state index contributed by atoms with van der Waals surface area (Å²) in [6.45, 7) is 4.04. The van der Waals surface area contributed by atoms with E-state index in [1.165, 1.54) is 11.3 Å². The molecule has 188 valence electrons. The zero-order valence-electron chi connectivity index (χ0n) is 20.1. The molecule has 0 saturated carbocycles. The zero-order valence-corrected chi connectivity index (χ0v) is 22.5. The highest BCUT2D eigenvalue weighted by Crippen LogP contribution is 2.37. The van der Waals surface area contributed by atoms with Crippen LogP contribution in [0.3, 0.4) is 0 Å². The minimum atomic E-state index is -0.550. The third-order valence-corrected chi connectivity index (χ3v) is 8.73. The van der Waals surface area contributed by atoms with Gasteiger partial charge in [0.25, 0.3) is 5.91 Å². The number of ether oxygens (including phenoxy) is 1. The van der Waals surface area contributed by atoms with Crippen LogP contribution in [0.25, 0.3) is 0 Å². The van der Waals surface area contributed by atoms with Crippen LogP contribution in [0.5, 0.6) is 5.75 Å². The van der Waals surface area contributed by atoms with Gasteiger partial charge in [-0.1, -0.05) is 53.5 Å². The van der Waals surface area contributed by atoms with Crippen molar-refractivity contribution in [2.24, 2.45) is 0 Å². The van der Waals surface area contributed by atoms with Crippen molar-refractivity contribution in [3.8, 4) is 5.75 Å². The number of carbonyl (C=O) groups excluding carboxylic acids is 2. The first-order valence-corrected chi connectivity index (χ1v) is 13.8. The fourth-order valence-corrected chi connectivity index (χ4v) is 6.31. The first-order valence-electron chi connectivity index (χ1n) is 12.2. The summed E-state index contributed by atoms with van der Waals surface area (Å²) in [5.41, 5.74) is 3.00. The monoisotopic (exact) mass is 542 g/mol. The van der Waals surface area contributed by atoms with Crippen molar-refractivity contribution in [1.82, 2.24) is 9.80 Å². The number of halogens is 2. The molecule has 0 unspecified atom stereocenters. The molecule has 2 amide bonds. The average Bonchev–Trinajstić information content (AvgIpc) is 3.12. The molecule has 1 fully saturated rings. The van der Waals surface area contributed by atoms with Gasteiger partial charge < -0.3 is 14.5 Å². The van der Waals surface area contributed by atoms with Gasteiger partial charge in [-0.3, -0.25) is 9.59 Å². The van der Waals surface area contributed by atoms with Crippen LogP contribution in [0.4, 0.5) is 0 Å². The summed E-state index contributed by atoms with van der Waals surface area (Å²) < 4.78 is 7.16. The maximum absolute atomic E-state index is 13.6. The van der Waals surface area contributed by atoms with E-state index in [1.54, 1.807) is 0 Å². The standard InChI is InChI=1S/C28H28Cl2N2O3S/c1-19-17-36-26(30)25(19)27(34)32-16-21-4-2-3-5-23(21)35-28(18-32)12-14-31(15-13-28)24(33)11-8-20-6-9-22(29)10-7-20/h2-7,9-10,17H,8,11-16,18H2,1H3. The van der Waals surface area contributed by atoms with Gasteiger partial charge in [-0.15, -0.1) is 11.3 Å². The average molecular weight is 544 g/mol. The molecule has 5 nitrogen and oxygen atoms in total. The van der Waals surface area contributed by atoms with Crippen molar-refractivity contribution in [2.45, 2.75) is 44.8 Å². The summed E-state index contributed by atoms with van der Waals surface area (Å²) in [7, 11) is 0. The van der Waals surface area contributed by atoms with Crippen molar-refractivity contribution < 1.29 is 14.3 Å². The molecule has 0 atom stereocenters. The number of benzene rings is 2. The van der Waals surface area contributed by atoms with Gasteiger partial charge >= 0.3 is 0 Å². The molecular formula is C28H28Cl2N2O3S. The Morgan fingerprint density at radius 3 is 2.44 bits per heavy atom. The Kier molecular flexibility index (Phi) is 7.29. The predicted molar refractivity (Wildman–Crippen MR) is 144 cm³/mol. The largest absolute Gasteiger partial charge is 0.485 e. The fraction of sp³-hybridized carbons (Fsp3) is 0.357. The Morgan fingerprint density at radius 2 is 1.75 bits per heavy atom. The molecule has 0 bridgehead atoms. The van der Waals surface area contributed by atoms with Gasteiger partial charge in [-0.2, -0.15) is 0 Å². The number of carbonyl (C=O) groups is 2. The molecule has 1 saturated heterocycles. The predicted octanol–water partition coefficient (Wildman–Crippen LogP) is 6.39. The smallest absolute Gasteiger partial charge is 0.256 e. The van der Waals surface area contributed by atoms with E-state index in [0.717, 1.165) is 22.4 Å². The lowest BCUT2D eigenvalue weighted by Crippen LogP contribution is -2.55. The van der Waals surface area contributed by atoms with Crippen molar-refractivity contribution in [1.29, 1.82) is 0 Å². The van der Waals surface area contributed by atoms with Crippen LogP contribution in [-0.4, -0.2) is 46.8 Å². The van der Waals surface area contributed by atoms with Crippen LogP contribution in [0.2, 0.25) is 9.36 Å². The molecule has 2 aliphatic rings. The van der Waals surface area contributed by atoms with E-state index in [1.807, 2.05) is 70.6 Å². The minimum Gasteiger partial charge on any atom is -0.485 e. The third kappa shape index (κ3) is 5.26. The number of likely N-dealkylation sites (tertiary alicyclic amines) is 1. The second kappa shape index (κ2) is 10.4. The Morgan fingerprint density at radius 1 is 1.03 bits per heavy atom. The molecule has 0 N–H and O–H groups in total. The van der Waals surface area contributed by atoms with Gasteiger partial charge in [0.15, 0.2) is 0 Å². The molecule has 2 aliphatic heterocycles. The van der Waals surface area contributed by atoms with Gasteiger partial charge in [0.2, 0.25) is 5.91 Å². The summed E-state index contributed by atoms with van der Waals surface area (Å²) in [5.74, 6) is 0.880. The van der Waals surface area contributed by atoms with E-state index in [2.05, 4.69) is 0 Å². The molecule has 1 aromatic heterocycles. The second-order valence-corrected chi connectivity index (χ2v) is 11.5. The Labute approximate surface area is 225 Å². The van der Waals surface area contributed by atoms with Crippen molar-refractivity contribution in [3.63, 3.8) is 0 Å². The summed E-state index contributed by atoms with van der Waals surface area (Å²) in [6.07, 6.45) is 2.46. The normalized spacial score (nSPS) is 16.9. The number of rotatable bonds is 4. The molecule has 3 aromatic rings. The van der Waals surface area contributed by atoms with Gasteiger partial charge in [-0.05, 0) is 48.1 Å². The third-order valence-electron chi connectivity index (χ3n) is 7.14. The SMILES string of the molecule is Cc1csc(Cl)c1C(=O)N1Cc2ccccc2OC2(CCN(C(=O)CCc3ccc(Cl)cc3)CC2)C1. The van der Waals surface area contributed by atoms with Gasteiger partial charge in [0.1, 0.15) is 15.7 Å². The molecule has 1 spiro atoms. The van der Waals surface area contributed by atoms with Crippen molar-refractivity contribution >= 4 is 46.4 Å². The highest BCUT2D eigenvalue weighted by molar-refractivity contribution is 7.15. The number of thiophene rings is 1. The summed E-state index contributed by atoms with van der Waals surface area (Å²) in [4.78, 5) is 30.4. The number of nitrogens with zero attached hydrogens (tertiary/aromatic N) is 2. The van der Waals surface area contributed by atoms with Gasteiger partial charge in [0, 0.05) is 49.5 Å². The Balaban J connectivity index is 1.30. The summed E-state index contributed by atoms with van der Waals surface area (Å²) in [5, 5.41) is 2.61. The number of hydrogen-bond donors (Lipinski definition) is 0. The highest BCUT2D eigenvalue weighted by atomic mass is 35.5. The van der Waals surface area contributed by atoms with E-state index in [9.17, 15) is 9.59 Å². The Hall–Kier alpha value is -2.54. The maximum atomic E-state index is 13.6. The van der Waals surface area contributed by atoms with E-state index in [4.69, 9.17) is 27.9 Å². The molecule has 0 radical (unpaired) electrons. The highest BCUT2D eigenvalue weighted by Gasteiger charge is 2.43. The van der Waals surface area contributed by atoms with Crippen LogP contribution in [0.15, 0.2) is 53.9 Å². The summed E-state index contributed by atoms with van der Waals surface area (Å²) in [6, 6.07) is 15.5. The number of para-hydroxylation sites is 1. The lowest BCUT2D eigenvalue weighted by Gasteiger charge is -2.42. The van der Waals surface area contributed by atoms with E-state index in [0.29, 0.717) is 66.8 Å². The number of piperidine rings is 1. The van der Waals surface area contributed by atoms with Crippen LogP contribution in [0, 0.1) is 6.92 Å². The molecular weight excluding hydrogens is 515 g/mol. The van der Waals surface area contributed by atoms with Gasteiger partial charge in [-0.25, -0.2) is 0 Å². The molecule has 5 rings (SSSR count).